The SMILES string of the molecule is Cc1ccc(-c2nnc3c(Cc4ccc(-n5nnc6ccccc65)cc4)cc(Cl)nn23)cc1. The van der Waals surface area contributed by atoms with E-state index in [0.29, 0.717) is 23.0 Å². The first-order valence-electron chi connectivity index (χ1n) is 10.5. The second-order valence-electron chi connectivity index (χ2n) is 7.95. The van der Waals surface area contributed by atoms with Gasteiger partial charge in [-0.1, -0.05) is 70.9 Å². The zero-order valence-corrected chi connectivity index (χ0v) is 18.5. The van der Waals surface area contributed by atoms with Gasteiger partial charge >= 0.3 is 0 Å². The van der Waals surface area contributed by atoms with E-state index in [-0.39, 0.29) is 0 Å². The summed E-state index contributed by atoms with van der Waals surface area (Å²) in [5, 5.41) is 22.2. The van der Waals surface area contributed by atoms with Crippen molar-refractivity contribution in [2.75, 3.05) is 0 Å². The van der Waals surface area contributed by atoms with E-state index >= 15 is 0 Å². The molecule has 6 aromatic rings. The number of benzene rings is 3. The lowest BCUT2D eigenvalue weighted by molar-refractivity contribution is 0.823. The largest absolute Gasteiger partial charge is 0.213 e. The van der Waals surface area contributed by atoms with E-state index in [4.69, 9.17) is 11.6 Å². The highest BCUT2D eigenvalue weighted by Gasteiger charge is 2.15. The Morgan fingerprint density at radius 1 is 0.848 bits per heavy atom. The summed E-state index contributed by atoms with van der Waals surface area (Å²) in [6.07, 6.45) is 0.649. The van der Waals surface area contributed by atoms with Gasteiger partial charge in [0.2, 0.25) is 0 Å². The Balaban J connectivity index is 1.34. The first kappa shape index (κ1) is 19.6. The summed E-state index contributed by atoms with van der Waals surface area (Å²) in [4.78, 5) is 0. The van der Waals surface area contributed by atoms with Gasteiger partial charge in [0.15, 0.2) is 16.6 Å². The molecule has 0 saturated heterocycles. The molecule has 0 atom stereocenters. The summed E-state index contributed by atoms with van der Waals surface area (Å²) < 4.78 is 3.56. The third-order valence-electron chi connectivity index (χ3n) is 5.65. The van der Waals surface area contributed by atoms with Gasteiger partial charge in [-0.2, -0.15) is 9.61 Å². The molecule has 0 spiro atoms. The molecule has 3 heterocycles. The summed E-state index contributed by atoms with van der Waals surface area (Å²) in [5.74, 6) is 0.669. The number of halogens is 1. The number of aromatic nitrogens is 7. The molecule has 0 aliphatic carbocycles. The maximum Gasteiger partial charge on any atom is 0.185 e. The molecule has 3 aromatic carbocycles. The van der Waals surface area contributed by atoms with Gasteiger partial charge < -0.3 is 0 Å². The van der Waals surface area contributed by atoms with E-state index in [2.05, 4.69) is 44.7 Å². The molecule has 0 aliphatic rings. The van der Waals surface area contributed by atoms with Crippen molar-refractivity contribution in [3.05, 3.63) is 101 Å². The predicted molar refractivity (Wildman–Crippen MR) is 128 cm³/mol. The maximum absolute atomic E-state index is 6.37. The van der Waals surface area contributed by atoms with Crippen LogP contribution in [0.3, 0.4) is 0 Å². The van der Waals surface area contributed by atoms with Crippen molar-refractivity contribution in [3.8, 4) is 17.1 Å². The van der Waals surface area contributed by atoms with Crippen LogP contribution in [0.25, 0.3) is 33.8 Å². The number of fused-ring (bicyclic) bond motifs is 2. The summed E-state index contributed by atoms with van der Waals surface area (Å²) in [6, 6.07) is 26.1. The van der Waals surface area contributed by atoms with Crippen molar-refractivity contribution >= 4 is 28.3 Å². The molecule has 0 unspecified atom stereocenters. The van der Waals surface area contributed by atoms with Gasteiger partial charge in [-0.15, -0.1) is 15.3 Å². The Labute approximate surface area is 194 Å². The minimum atomic E-state index is 0.399. The van der Waals surface area contributed by atoms with E-state index in [0.717, 1.165) is 33.4 Å². The molecular weight excluding hydrogens is 434 g/mol. The molecule has 8 heteroatoms. The fraction of sp³-hybridized carbons (Fsp3) is 0.0800. The Morgan fingerprint density at radius 2 is 1.64 bits per heavy atom. The van der Waals surface area contributed by atoms with Crippen LogP contribution in [0.4, 0.5) is 0 Å². The lowest BCUT2D eigenvalue weighted by Gasteiger charge is -2.07. The zero-order chi connectivity index (χ0) is 22.4. The van der Waals surface area contributed by atoms with Crippen LogP contribution in [0.15, 0.2) is 78.9 Å². The number of aryl methyl sites for hydroxylation is 1. The van der Waals surface area contributed by atoms with Gasteiger partial charge in [0.05, 0.1) is 11.2 Å². The molecule has 33 heavy (non-hydrogen) atoms. The van der Waals surface area contributed by atoms with Crippen molar-refractivity contribution in [1.82, 2.24) is 34.8 Å². The lowest BCUT2D eigenvalue weighted by atomic mass is 10.1. The van der Waals surface area contributed by atoms with Gasteiger partial charge in [-0.05, 0) is 42.8 Å². The van der Waals surface area contributed by atoms with Crippen molar-refractivity contribution in [2.45, 2.75) is 13.3 Å². The van der Waals surface area contributed by atoms with Gasteiger partial charge in [-0.25, -0.2) is 4.68 Å². The highest BCUT2D eigenvalue weighted by Crippen LogP contribution is 2.24. The minimum absolute atomic E-state index is 0.399. The first-order valence-corrected chi connectivity index (χ1v) is 10.9. The van der Waals surface area contributed by atoms with Crippen LogP contribution in [-0.2, 0) is 6.42 Å². The number of hydrogen-bond donors (Lipinski definition) is 0. The molecule has 0 radical (unpaired) electrons. The summed E-state index contributed by atoms with van der Waals surface area (Å²) in [7, 11) is 0. The quantitative estimate of drug-likeness (QED) is 0.373. The normalized spacial score (nSPS) is 11.5. The maximum atomic E-state index is 6.37. The van der Waals surface area contributed by atoms with Crippen LogP contribution >= 0.6 is 11.6 Å². The van der Waals surface area contributed by atoms with Crippen LogP contribution in [0.5, 0.6) is 0 Å². The van der Waals surface area contributed by atoms with E-state index in [9.17, 15) is 0 Å². The molecule has 7 nitrogen and oxygen atoms in total. The third kappa shape index (κ3) is 3.52. The molecule has 0 amide bonds. The Kier molecular flexibility index (Phi) is 4.62. The monoisotopic (exact) mass is 451 g/mol. The molecule has 0 fully saturated rings. The summed E-state index contributed by atoms with van der Waals surface area (Å²) in [5.41, 5.74) is 7.69. The second-order valence-corrected chi connectivity index (χ2v) is 8.34. The van der Waals surface area contributed by atoms with Crippen LogP contribution < -0.4 is 0 Å². The molecule has 0 N–H and O–H groups in total. The fourth-order valence-electron chi connectivity index (χ4n) is 3.95. The average molecular weight is 452 g/mol. The zero-order valence-electron chi connectivity index (χ0n) is 17.7. The van der Waals surface area contributed by atoms with Crippen molar-refractivity contribution < 1.29 is 0 Å². The minimum Gasteiger partial charge on any atom is -0.213 e. The van der Waals surface area contributed by atoms with Crippen LogP contribution in [0.1, 0.15) is 16.7 Å². The molecule has 0 bridgehead atoms. The van der Waals surface area contributed by atoms with Crippen molar-refractivity contribution in [3.63, 3.8) is 0 Å². The summed E-state index contributed by atoms with van der Waals surface area (Å²) in [6.45, 7) is 2.05. The lowest BCUT2D eigenvalue weighted by Crippen LogP contribution is -2.01. The topological polar surface area (TPSA) is 73.8 Å². The third-order valence-corrected chi connectivity index (χ3v) is 5.84. The molecule has 6 rings (SSSR count). The molecule has 0 saturated carbocycles. The fourth-order valence-corrected chi connectivity index (χ4v) is 4.16. The van der Waals surface area contributed by atoms with Crippen molar-refractivity contribution in [1.29, 1.82) is 0 Å². The van der Waals surface area contributed by atoms with Gasteiger partial charge in [-0.3, -0.25) is 0 Å². The number of para-hydroxylation sites is 1. The van der Waals surface area contributed by atoms with Crippen LogP contribution in [0.2, 0.25) is 5.15 Å². The Bertz CT molecular complexity index is 1600. The predicted octanol–water partition coefficient (Wildman–Crippen LogP) is 5.08. The summed E-state index contributed by atoms with van der Waals surface area (Å²) >= 11 is 6.37. The highest BCUT2D eigenvalue weighted by atomic mass is 35.5. The number of rotatable bonds is 4. The number of hydrogen-bond acceptors (Lipinski definition) is 5. The van der Waals surface area contributed by atoms with E-state index in [1.54, 1.807) is 4.52 Å². The first-order chi connectivity index (χ1) is 16.2. The van der Waals surface area contributed by atoms with Crippen molar-refractivity contribution in [2.24, 2.45) is 0 Å². The highest BCUT2D eigenvalue weighted by molar-refractivity contribution is 6.29. The van der Waals surface area contributed by atoms with Gasteiger partial charge in [0, 0.05) is 17.5 Å². The Morgan fingerprint density at radius 3 is 2.45 bits per heavy atom. The van der Waals surface area contributed by atoms with E-state index < -0.39 is 0 Å². The van der Waals surface area contributed by atoms with E-state index in [1.165, 1.54) is 5.56 Å². The van der Waals surface area contributed by atoms with E-state index in [1.807, 2.05) is 71.4 Å². The smallest absolute Gasteiger partial charge is 0.185 e. The van der Waals surface area contributed by atoms with Crippen LogP contribution in [0, 0.1) is 6.92 Å². The molecule has 160 valence electrons. The average Bonchev–Trinajstić information content (AvgIpc) is 3.45. The van der Waals surface area contributed by atoms with Gasteiger partial charge in [0.1, 0.15) is 5.52 Å². The molecule has 0 aliphatic heterocycles. The molecule has 3 aromatic heterocycles. The van der Waals surface area contributed by atoms with Gasteiger partial charge in [0.25, 0.3) is 0 Å². The number of nitrogens with zero attached hydrogens (tertiary/aromatic N) is 7. The van der Waals surface area contributed by atoms with Crippen LogP contribution in [-0.4, -0.2) is 34.8 Å². The second kappa shape index (κ2) is 7.79. The molecular formula is C25H18ClN7. The standard InChI is InChI=1S/C25H18ClN7/c1-16-6-10-18(11-7-16)24-28-29-25-19(15-23(26)30-33(24)25)14-17-8-12-20(13-9-17)32-22-5-3-2-4-21(22)27-31-32/h2-13,15H,14H2,1H3. The Hall–Kier alpha value is -4.10.